The van der Waals surface area contributed by atoms with Crippen molar-refractivity contribution in [1.82, 2.24) is 15.1 Å². The predicted molar refractivity (Wildman–Crippen MR) is 103 cm³/mol. The average Bonchev–Trinajstić information content (AvgIpc) is 3.09. The van der Waals surface area contributed by atoms with E-state index in [2.05, 4.69) is 5.32 Å². The summed E-state index contributed by atoms with van der Waals surface area (Å²) >= 11 is 0. The number of amides is 3. The van der Waals surface area contributed by atoms with Crippen LogP contribution in [0.5, 0.6) is 0 Å². The summed E-state index contributed by atoms with van der Waals surface area (Å²) in [6.45, 7) is 4.86. The van der Waals surface area contributed by atoms with Crippen LogP contribution < -0.4 is 5.32 Å². The van der Waals surface area contributed by atoms with Gasteiger partial charge in [0.2, 0.25) is 0 Å². The first-order chi connectivity index (χ1) is 12.7. The minimum Gasteiger partial charge on any atom is -0.325 e. The van der Waals surface area contributed by atoms with E-state index in [1.807, 2.05) is 49.1 Å². The maximum atomic E-state index is 12.8. The highest BCUT2D eigenvalue weighted by Crippen LogP contribution is 2.21. The van der Waals surface area contributed by atoms with Crippen molar-refractivity contribution in [3.63, 3.8) is 0 Å². The summed E-state index contributed by atoms with van der Waals surface area (Å²) in [5, 5.41) is 2.76. The molecule has 148 valence electrons. The minimum atomic E-state index is -3.03. The number of urea groups is 1. The van der Waals surface area contributed by atoms with Crippen LogP contribution in [0.15, 0.2) is 30.3 Å². The smallest absolute Gasteiger partial charge is 0.325 e. The number of sulfone groups is 1. The second-order valence-corrected chi connectivity index (χ2v) is 10.1. The number of hydrogen-bond donors (Lipinski definition) is 1. The van der Waals surface area contributed by atoms with E-state index in [-0.39, 0.29) is 30.1 Å². The van der Waals surface area contributed by atoms with Crippen LogP contribution in [0, 0.1) is 5.92 Å². The molecule has 8 heteroatoms. The van der Waals surface area contributed by atoms with Gasteiger partial charge in [-0.2, -0.15) is 0 Å². The first kappa shape index (κ1) is 19.8. The zero-order valence-corrected chi connectivity index (χ0v) is 16.6. The Balaban J connectivity index is 1.69. The third-order valence-electron chi connectivity index (χ3n) is 5.04. The molecule has 3 amide bonds. The van der Waals surface area contributed by atoms with Gasteiger partial charge in [-0.1, -0.05) is 44.2 Å². The molecule has 2 heterocycles. The molecule has 0 saturated carbocycles. The quantitative estimate of drug-likeness (QED) is 0.705. The van der Waals surface area contributed by atoms with Crippen molar-refractivity contribution in [1.29, 1.82) is 0 Å². The molecule has 2 aliphatic rings. The lowest BCUT2D eigenvalue weighted by molar-refractivity contribution is -0.129. The lowest BCUT2D eigenvalue weighted by Crippen LogP contribution is -2.48. The molecule has 0 spiro atoms. The molecule has 2 fully saturated rings. The Morgan fingerprint density at radius 1 is 1.22 bits per heavy atom. The number of rotatable bonds is 7. The fraction of sp³-hybridized carbons (Fsp3) is 0.579. The standard InChI is InChI=1S/C19H27N3O4S/c1-14(2)11-21(16-8-9-27(25,26)12-16)13-22-18(23)17(20-19(22)24)10-15-6-4-3-5-7-15/h3-7,14,16-17H,8-13H2,1-2H3,(H,20,24). The summed E-state index contributed by atoms with van der Waals surface area (Å²) in [4.78, 5) is 28.4. The molecule has 0 bridgehead atoms. The molecule has 27 heavy (non-hydrogen) atoms. The normalized spacial score (nSPS) is 24.8. The lowest BCUT2D eigenvalue weighted by atomic mass is 10.1. The zero-order chi connectivity index (χ0) is 19.6. The van der Waals surface area contributed by atoms with Gasteiger partial charge in [0, 0.05) is 19.0 Å². The van der Waals surface area contributed by atoms with Gasteiger partial charge in [0.25, 0.3) is 5.91 Å². The first-order valence-electron chi connectivity index (χ1n) is 9.35. The Labute approximate surface area is 160 Å². The third-order valence-corrected chi connectivity index (χ3v) is 6.79. The summed E-state index contributed by atoms with van der Waals surface area (Å²) in [5.41, 5.74) is 0.985. The largest absolute Gasteiger partial charge is 0.325 e. The highest BCUT2D eigenvalue weighted by atomic mass is 32.2. The molecule has 2 aliphatic heterocycles. The molecule has 1 N–H and O–H groups in total. The van der Waals surface area contributed by atoms with Gasteiger partial charge in [0.15, 0.2) is 9.84 Å². The average molecular weight is 394 g/mol. The van der Waals surface area contributed by atoms with Crippen LogP contribution in [-0.2, 0) is 21.1 Å². The Morgan fingerprint density at radius 3 is 2.52 bits per heavy atom. The zero-order valence-electron chi connectivity index (χ0n) is 15.8. The molecular formula is C19H27N3O4S. The summed E-state index contributed by atoms with van der Waals surface area (Å²) in [7, 11) is -3.03. The van der Waals surface area contributed by atoms with E-state index < -0.39 is 21.9 Å². The number of nitrogens with one attached hydrogen (secondary N) is 1. The maximum absolute atomic E-state index is 12.8. The maximum Gasteiger partial charge on any atom is 0.325 e. The van der Waals surface area contributed by atoms with E-state index >= 15 is 0 Å². The van der Waals surface area contributed by atoms with Crippen LogP contribution in [0.4, 0.5) is 4.79 Å². The van der Waals surface area contributed by atoms with Crippen molar-refractivity contribution in [3.8, 4) is 0 Å². The highest BCUT2D eigenvalue weighted by Gasteiger charge is 2.41. The van der Waals surface area contributed by atoms with E-state index in [0.717, 1.165) is 5.56 Å². The van der Waals surface area contributed by atoms with Crippen LogP contribution in [0.3, 0.4) is 0 Å². The fourth-order valence-electron chi connectivity index (χ4n) is 3.74. The second kappa shape index (κ2) is 7.98. The van der Waals surface area contributed by atoms with Crippen molar-refractivity contribution in [2.45, 2.75) is 38.8 Å². The Hall–Kier alpha value is -1.93. The number of nitrogens with zero attached hydrogens (tertiary/aromatic N) is 2. The Bertz CT molecular complexity index is 794. The van der Waals surface area contributed by atoms with Gasteiger partial charge in [-0.25, -0.2) is 18.1 Å². The van der Waals surface area contributed by atoms with Crippen LogP contribution >= 0.6 is 0 Å². The van der Waals surface area contributed by atoms with Crippen molar-refractivity contribution in [2.24, 2.45) is 5.92 Å². The summed E-state index contributed by atoms with van der Waals surface area (Å²) < 4.78 is 23.7. The molecule has 0 aliphatic carbocycles. The van der Waals surface area contributed by atoms with Crippen molar-refractivity contribution >= 4 is 21.8 Å². The monoisotopic (exact) mass is 393 g/mol. The SMILES string of the molecule is CC(C)CN(CN1C(=O)NC(Cc2ccccc2)C1=O)C1CCS(=O)(=O)C1. The lowest BCUT2D eigenvalue weighted by Gasteiger charge is -2.32. The topological polar surface area (TPSA) is 86.8 Å². The summed E-state index contributed by atoms with van der Waals surface area (Å²) in [6, 6.07) is 8.44. The number of carbonyl (C=O) groups excluding carboxylic acids is 2. The van der Waals surface area contributed by atoms with Gasteiger partial charge in [-0.15, -0.1) is 0 Å². The van der Waals surface area contributed by atoms with Crippen molar-refractivity contribution in [3.05, 3.63) is 35.9 Å². The van der Waals surface area contributed by atoms with E-state index in [0.29, 0.717) is 25.3 Å². The number of carbonyl (C=O) groups is 2. The molecular weight excluding hydrogens is 366 g/mol. The highest BCUT2D eigenvalue weighted by molar-refractivity contribution is 7.91. The molecule has 1 aromatic rings. The predicted octanol–water partition coefficient (Wildman–Crippen LogP) is 1.25. The molecule has 2 saturated heterocycles. The van der Waals surface area contributed by atoms with Gasteiger partial charge in [-0.05, 0) is 17.9 Å². The number of benzene rings is 1. The van der Waals surface area contributed by atoms with Gasteiger partial charge >= 0.3 is 6.03 Å². The molecule has 3 rings (SSSR count). The fourth-order valence-corrected chi connectivity index (χ4v) is 5.50. The van der Waals surface area contributed by atoms with E-state index in [4.69, 9.17) is 0 Å². The van der Waals surface area contributed by atoms with Crippen molar-refractivity contribution < 1.29 is 18.0 Å². The van der Waals surface area contributed by atoms with Crippen LogP contribution in [0.25, 0.3) is 0 Å². The summed E-state index contributed by atoms with van der Waals surface area (Å²) in [6.07, 6.45) is 0.996. The van der Waals surface area contributed by atoms with Gasteiger partial charge in [-0.3, -0.25) is 9.69 Å². The molecule has 2 atom stereocenters. The van der Waals surface area contributed by atoms with Gasteiger partial charge < -0.3 is 5.32 Å². The Kier molecular flexibility index (Phi) is 5.86. The Morgan fingerprint density at radius 2 is 1.93 bits per heavy atom. The number of imide groups is 1. The molecule has 7 nitrogen and oxygen atoms in total. The molecule has 2 unspecified atom stereocenters. The first-order valence-corrected chi connectivity index (χ1v) is 11.2. The molecule has 0 radical (unpaired) electrons. The molecule has 1 aromatic carbocycles. The van der Waals surface area contributed by atoms with E-state index in [9.17, 15) is 18.0 Å². The van der Waals surface area contributed by atoms with Crippen LogP contribution in [-0.4, -0.2) is 67.0 Å². The van der Waals surface area contributed by atoms with Gasteiger partial charge in [0.1, 0.15) is 6.04 Å². The second-order valence-electron chi connectivity index (χ2n) is 7.82. The third kappa shape index (κ3) is 4.87. The van der Waals surface area contributed by atoms with Crippen LogP contribution in [0.1, 0.15) is 25.8 Å². The number of hydrogen-bond acceptors (Lipinski definition) is 5. The van der Waals surface area contributed by atoms with Gasteiger partial charge in [0.05, 0.1) is 18.2 Å². The van der Waals surface area contributed by atoms with E-state index in [1.54, 1.807) is 0 Å². The summed E-state index contributed by atoms with van der Waals surface area (Å²) in [5.74, 6) is 0.312. The minimum absolute atomic E-state index is 0.0941. The molecule has 0 aromatic heterocycles. The van der Waals surface area contributed by atoms with E-state index in [1.165, 1.54) is 4.90 Å². The van der Waals surface area contributed by atoms with Crippen molar-refractivity contribution in [2.75, 3.05) is 24.7 Å². The van der Waals surface area contributed by atoms with Crippen LogP contribution in [0.2, 0.25) is 0 Å².